The lowest BCUT2D eigenvalue weighted by molar-refractivity contribution is 0.672. The van der Waals surface area contributed by atoms with Crippen LogP contribution >= 0.6 is 0 Å². The van der Waals surface area contributed by atoms with Gasteiger partial charge in [0.05, 0.1) is 0 Å². The number of hydrogen-bond acceptors (Lipinski definition) is 2. The summed E-state index contributed by atoms with van der Waals surface area (Å²) in [4.78, 5) is 0. The Morgan fingerprint density at radius 3 is 2.33 bits per heavy atom. The molecule has 0 saturated heterocycles. The maximum absolute atomic E-state index is 11.9. The van der Waals surface area contributed by atoms with Crippen LogP contribution in [0.4, 0.5) is 0 Å². The Labute approximate surface area is 94.3 Å². The first-order valence-electron chi connectivity index (χ1n) is 5.18. The van der Waals surface area contributed by atoms with Crippen LogP contribution in [0.15, 0.2) is 18.2 Å². The summed E-state index contributed by atoms with van der Waals surface area (Å²) >= 11 is 0. The van der Waals surface area contributed by atoms with E-state index in [0.717, 1.165) is 0 Å². The van der Waals surface area contributed by atoms with Gasteiger partial charge >= 0.3 is 0 Å². The molecule has 2 atom stereocenters. The Balaban J connectivity index is 2.85. The molecule has 0 aliphatic heterocycles. The molecule has 2 unspecified atom stereocenters. The van der Waals surface area contributed by atoms with Gasteiger partial charge in [-0.3, -0.25) is 4.21 Å². The highest BCUT2D eigenvalue weighted by Gasteiger charge is 2.12. The van der Waals surface area contributed by atoms with Gasteiger partial charge in [0.15, 0.2) is 0 Å². The van der Waals surface area contributed by atoms with E-state index in [1.165, 1.54) is 16.7 Å². The number of hydrogen-bond donors (Lipinski definition) is 1. The smallest absolute Gasteiger partial charge is 0.0494 e. The number of rotatable bonds is 4. The van der Waals surface area contributed by atoms with E-state index in [4.69, 9.17) is 5.73 Å². The van der Waals surface area contributed by atoms with Crippen molar-refractivity contribution >= 4 is 10.8 Å². The molecule has 0 amide bonds. The van der Waals surface area contributed by atoms with E-state index in [1.807, 2.05) is 13.0 Å². The zero-order chi connectivity index (χ0) is 11.4. The lowest BCUT2D eigenvalue weighted by Gasteiger charge is -2.12. The van der Waals surface area contributed by atoms with Gasteiger partial charge in [-0.1, -0.05) is 18.2 Å². The fourth-order valence-corrected chi connectivity index (χ4v) is 2.71. The maximum atomic E-state index is 11.9. The molecule has 0 aliphatic rings. The Kier molecular flexibility index (Phi) is 4.48. The highest BCUT2D eigenvalue weighted by Crippen LogP contribution is 2.16. The highest BCUT2D eigenvalue weighted by atomic mass is 32.2. The second-order valence-electron chi connectivity index (χ2n) is 3.94. The van der Waals surface area contributed by atoms with E-state index < -0.39 is 10.8 Å². The summed E-state index contributed by atoms with van der Waals surface area (Å²) in [6.07, 6.45) is 0. The molecule has 1 aromatic rings. The Bertz CT molecular complexity index is 342. The fraction of sp³-hybridized carbons (Fsp3) is 0.500. The average Bonchev–Trinajstić information content (AvgIpc) is 2.22. The highest BCUT2D eigenvalue weighted by molar-refractivity contribution is 7.84. The third-order valence-corrected chi connectivity index (χ3v) is 4.37. The molecule has 0 saturated carbocycles. The van der Waals surface area contributed by atoms with Gasteiger partial charge in [-0.15, -0.1) is 0 Å². The number of aryl methyl sites for hydroxylation is 2. The van der Waals surface area contributed by atoms with Gasteiger partial charge in [0, 0.05) is 28.3 Å². The first-order chi connectivity index (χ1) is 7.06. The van der Waals surface area contributed by atoms with Crippen molar-refractivity contribution in [1.82, 2.24) is 0 Å². The molecule has 1 rings (SSSR count). The Morgan fingerprint density at radius 1 is 1.33 bits per heavy atom. The normalized spacial score (nSPS) is 14.9. The Morgan fingerprint density at radius 2 is 1.87 bits per heavy atom. The van der Waals surface area contributed by atoms with Crippen molar-refractivity contribution in [3.8, 4) is 0 Å². The number of nitrogens with two attached hydrogens (primary N) is 1. The van der Waals surface area contributed by atoms with Crippen LogP contribution in [0.2, 0.25) is 0 Å². The second kappa shape index (κ2) is 5.42. The van der Waals surface area contributed by atoms with Gasteiger partial charge in [-0.25, -0.2) is 0 Å². The van der Waals surface area contributed by atoms with Crippen LogP contribution in [0, 0.1) is 13.8 Å². The van der Waals surface area contributed by atoms with Crippen LogP contribution < -0.4 is 5.73 Å². The largest absolute Gasteiger partial charge is 0.329 e. The third kappa shape index (κ3) is 3.14. The van der Waals surface area contributed by atoms with E-state index in [0.29, 0.717) is 12.3 Å². The van der Waals surface area contributed by atoms with E-state index in [1.54, 1.807) is 0 Å². The van der Waals surface area contributed by atoms with Crippen LogP contribution in [0.5, 0.6) is 0 Å². The van der Waals surface area contributed by atoms with Crippen LogP contribution in [0.3, 0.4) is 0 Å². The topological polar surface area (TPSA) is 43.1 Å². The van der Waals surface area contributed by atoms with Crippen molar-refractivity contribution < 1.29 is 4.21 Å². The van der Waals surface area contributed by atoms with Gasteiger partial charge in [-0.05, 0) is 37.5 Å². The minimum absolute atomic E-state index is 0.0732. The van der Waals surface area contributed by atoms with Gasteiger partial charge < -0.3 is 5.73 Å². The molecule has 84 valence electrons. The second-order valence-corrected chi connectivity index (χ2v) is 5.80. The van der Waals surface area contributed by atoms with E-state index in [9.17, 15) is 4.21 Å². The average molecular weight is 225 g/mol. The molecule has 0 radical (unpaired) electrons. The van der Waals surface area contributed by atoms with Gasteiger partial charge in [0.1, 0.15) is 0 Å². The van der Waals surface area contributed by atoms with Crippen molar-refractivity contribution in [2.45, 2.75) is 31.8 Å². The molecular formula is C12H19NOS. The summed E-state index contributed by atoms with van der Waals surface area (Å²) in [5, 5.41) is 0.0732. The van der Waals surface area contributed by atoms with Crippen LogP contribution in [0.1, 0.15) is 23.6 Å². The molecule has 0 fully saturated rings. The van der Waals surface area contributed by atoms with E-state index in [2.05, 4.69) is 26.0 Å². The summed E-state index contributed by atoms with van der Waals surface area (Å²) in [6, 6.07) is 6.16. The van der Waals surface area contributed by atoms with Gasteiger partial charge in [0.2, 0.25) is 0 Å². The fourth-order valence-electron chi connectivity index (χ4n) is 1.47. The van der Waals surface area contributed by atoms with Gasteiger partial charge in [-0.2, -0.15) is 0 Å². The molecule has 0 bridgehead atoms. The summed E-state index contributed by atoms with van der Waals surface area (Å²) in [5.41, 5.74) is 9.15. The van der Waals surface area contributed by atoms with Crippen molar-refractivity contribution in [2.24, 2.45) is 5.73 Å². The molecule has 15 heavy (non-hydrogen) atoms. The standard InChI is InChI=1S/C12H19NOS/c1-9-5-4-6-10(2)12(9)8-15(14)11(3)7-13/h4-6,11H,7-8,13H2,1-3H3. The van der Waals surface area contributed by atoms with E-state index >= 15 is 0 Å². The minimum Gasteiger partial charge on any atom is -0.329 e. The summed E-state index contributed by atoms with van der Waals surface area (Å²) in [6.45, 7) is 6.54. The molecule has 1 aromatic carbocycles. The predicted octanol–water partition coefficient (Wildman–Crippen LogP) is 1.90. The van der Waals surface area contributed by atoms with Crippen molar-refractivity contribution in [3.05, 3.63) is 34.9 Å². The molecule has 2 nitrogen and oxygen atoms in total. The molecule has 2 N–H and O–H groups in total. The maximum Gasteiger partial charge on any atom is 0.0494 e. The van der Waals surface area contributed by atoms with E-state index in [-0.39, 0.29) is 5.25 Å². The number of benzene rings is 1. The molecule has 0 spiro atoms. The summed E-state index contributed by atoms with van der Waals surface area (Å²) in [7, 11) is -0.861. The molecule has 3 heteroatoms. The molecule has 0 aliphatic carbocycles. The molecular weight excluding hydrogens is 206 g/mol. The zero-order valence-corrected chi connectivity index (χ0v) is 10.4. The summed E-state index contributed by atoms with van der Waals surface area (Å²) in [5.74, 6) is 0.622. The monoisotopic (exact) mass is 225 g/mol. The predicted molar refractivity (Wildman–Crippen MR) is 66.3 cm³/mol. The molecule has 0 aromatic heterocycles. The first-order valence-corrected chi connectivity index (χ1v) is 6.56. The zero-order valence-electron chi connectivity index (χ0n) is 9.62. The minimum atomic E-state index is -0.861. The van der Waals surface area contributed by atoms with Crippen LogP contribution in [-0.2, 0) is 16.6 Å². The third-order valence-electron chi connectivity index (χ3n) is 2.71. The first kappa shape index (κ1) is 12.4. The lowest BCUT2D eigenvalue weighted by Crippen LogP contribution is -2.23. The SMILES string of the molecule is Cc1cccc(C)c1CS(=O)C(C)CN. The van der Waals surface area contributed by atoms with Crippen LogP contribution in [-0.4, -0.2) is 16.0 Å². The quantitative estimate of drug-likeness (QED) is 0.850. The van der Waals surface area contributed by atoms with Crippen molar-refractivity contribution in [3.63, 3.8) is 0 Å². The van der Waals surface area contributed by atoms with Gasteiger partial charge in [0.25, 0.3) is 0 Å². The molecule has 0 heterocycles. The van der Waals surface area contributed by atoms with Crippen molar-refractivity contribution in [1.29, 1.82) is 0 Å². The van der Waals surface area contributed by atoms with Crippen molar-refractivity contribution in [2.75, 3.05) is 6.54 Å². The van der Waals surface area contributed by atoms with Crippen LogP contribution in [0.25, 0.3) is 0 Å². The lowest BCUT2D eigenvalue weighted by atomic mass is 10.1. The summed E-state index contributed by atoms with van der Waals surface area (Å²) < 4.78 is 11.9. The Hall–Kier alpha value is -0.670.